The van der Waals surface area contributed by atoms with E-state index in [1.165, 1.54) is 12.1 Å². The van der Waals surface area contributed by atoms with E-state index in [0.29, 0.717) is 28.1 Å². The molecule has 0 N–H and O–H groups in total. The van der Waals surface area contributed by atoms with E-state index in [0.717, 1.165) is 36.2 Å². The summed E-state index contributed by atoms with van der Waals surface area (Å²) in [4.78, 5) is 25.7. The molecule has 2 heterocycles. The Morgan fingerprint density at radius 3 is 2.50 bits per heavy atom. The van der Waals surface area contributed by atoms with E-state index in [4.69, 9.17) is 14.6 Å². The van der Waals surface area contributed by atoms with Gasteiger partial charge in [-0.15, -0.1) is 8.78 Å². The maximum Gasteiger partial charge on any atom is 0.586 e. The van der Waals surface area contributed by atoms with Crippen molar-refractivity contribution in [2.45, 2.75) is 71.4 Å². The van der Waals surface area contributed by atoms with Crippen molar-refractivity contribution in [3.63, 3.8) is 0 Å². The van der Waals surface area contributed by atoms with Crippen molar-refractivity contribution in [3.8, 4) is 22.9 Å². The molecule has 1 atom stereocenters. The molecular weight excluding hydrogens is 570 g/mol. The number of halogens is 2. The Hall–Kier alpha value is -4.73. The second kappa shape index (κ2) is 11.1. The van der Waals surface area contributed by atoms with Crippen molar-refractivity contribution >= 4 is 11.8 Å². The molecule has 4 aromatic rings. The highest BCUT2D eigenvalue weighted by molar-refractivity contribution is 5.98. The van der Waals surface area contributed by atoms with Crippen LogP contribution in [0.3, 0.4) is 0 Å². The van der Waals surface area contributed by atoms with Crippen LogP contribution in [0.15, 0.2) is 66.7 Å². The fraction of sp³-hybridized carbons (Fsp3) is 0.324. The van der Waals surface area contributed by atoms with Crippen LogP contribution in [0.25, 0.3) is 5.69 Å². The molecule has 10 heteroatoms. The quantitative estimate of drug-likeness (QED) is 0.162. The molecule has 0 bridgehead atoms. The summed E-state index contributed by atoms with van der Waals surface area (Å²) in [6.07, 6.45) is -1.45. The summed E-state index contributed by atoms with van der Waals surface area (Å²) in [5.74, 6) is -0.132. The van der Waals surface area contributed by atoms with Gasteiger partial charge in [-0.1, -0.05) is 18.2 Å². The Morgan fingerprint density at radius 2 is 1.75 bits per heavy atom. The van der Waals surface area contributed by atoms with Gasteiger partial charge in [0.1, 0.15) is 17.5 Å². The first-order valence-electron chi connectivity index (χ1n) is 14.5. The fourth-order valence-corrected chi connectivity index (χ4v) is 5.50. The second-order valence-corrected chi connectivity index (χ2v) is 12.0. The molecule has 1 aliphatic carbocycles. The predicted octanol–water partition coefficient (Wildman–Crippen LogP) is 7.34. The van der Waals surface area contributed by atoms with Crippen LogP contribution >= 0.6 is 0 Å². The highest BCUT2D eigenvalue weighted by Gasteiger charge is 2.43. The minimum absolute atomic E-state index is 0.00701. The zero-order valence-corrected chi connectivity index (χ0v) is 24.9. The fourth-order valence-electron chi connectivity index (χ4n) is 5.50. The minimum Gasteiger partial charge on any atom is -0.484 e. The van der Waals surface area contributed by atoms with Gasteiger partial charge in [-0.05, 0) is 101 Å². The lowest BCUT2D eigenvalue weighted by atomic mass is 9.93. The summed E-state index contributed by atoms with van der Waals surface area (Å²) in [5, 5.41) is 4.83. The van der Waals surface area contributed by atoms with Crippen molar-refractivity contribution in [2.24, 2.45) is 0 Å². The summed E-state index contributed by atoms with van der Waals surface area (Å²) in [5.41, 5.74) is 4.47. The minimum atomic E-state index is -3.72. The van der Waals surface area contributed by atoms with Crippen LogP contribution in [-0.2, 0) is 17.6 Å². The Morgan fingerprint density at radius 1 is 1.00 bits per heavy atom. The summed E-state index contributed by atoms with van der Waals surface area (Å²) >= 11 is 0. The molecule has 8 nitrogen and oxygen atoms in total. The third-order valence-electron chi connectivity index (χ3n) is 7.43. The van der Waals surface area contributed by atoms with Crippen LogP contribution in [0.2, 0.25) is 0 Å². The maximum atomic E-state index is 13.4. The van der Waals surface area contributed by atoms with E-state index in [-0.39, 0.29) is 29.8 Å². The first-order valence-corrected chi connectivity index (χ1v) is 14.5. The summed E-state index contributed by atoms with van der Waals surface area (Å²) in [6, 6.07) is 18.4. The summed E-state index contributed by atoms with van der Waals surface area (Å²) in [7, 11) is 0. The van der Waals surface area contributed by atoms with E-state index in [1.54, 1.807) is 48.5 Å². The Labute approximate surface area is 253 Å². The molecule has 3 aromatic carbocycles. The van der Waals surface area contributed by atoms with Crippen LogP contribution < -0.4 is 14.2 Å². The molecule has 0 saturated carbocycles. The van der Waals surface area contributed by atoms with Gasteiger partial charge in [-0.2, -0.15) is 5.10 Å². The molecule has 0 amide bonds. The third-order valence-corrected chi connectivity index (χ3v) is 7.43. The van der Waals surface area contributed by atoms with E-state index < -0.39 is 17.9 Å². The topological polar surface area (TPSA) is 88.9 Å². The number of aryl methyl sites for hydroxylation is 1. The second-order valence-electron chi connectivity index (χ2n) is 12.0. The molecule has 0 saturated heterocycles. The number of alkyl halides is 2. The van der Waals surface area contributed by atoms with Gasteiger partial charge in [0.25, 0.3) is 0 Å². The third kappa shape index (κ3) is 6.15. The van der Waals surface area contributed by atoms with E-state index >= 15 is 0 Å². The molecule has 1 aromatic heterocycles. The van der Waals surface area contributed by atoms with Crippen LogP contribution in [0.5, 0.6) is 17.2 Å². The Balaban J connectivity index is 1.22. The lowest BCUT2D eigenvalue weighted by Gasteiger charge is -2.26. The Kier molecular flexibility index (Phi) is 7.39. The van der Waals surface area contributed by atoms with Crippen molar-refractivity contribution in [1.82, 2.24) is 9.78 Å². The van der Waals surface area contributed by atoms with Gasteiger partial charge in [-0.25, -0.2) is 9.48 Å². The number of aromatic nitrogens is 2. The molecule has 1 unspecified atom stereocenters. The number of benzene rings is 3. The first kappa shape index (κ1) is 29.3. The summed E-state index contributed by atoms with van der Waals surface area (Å²) < 4.78 is 49.6. The number of nitrogens with zero attached hydrogens (tertiary/aromatic N) is 2. The number of carbonyl (C=O) groups is 2. The van der Waals surface area contributed by atoms with Crippen LogP contribution in [-0.4, -0.2) is 33.4 Å². The highest BCUT2D eigenvalue weighted by atomic mass is 19.3. The number of hydrogen-bond acceptors (Lipinski definition) is 7. The molecule has 0 spiro atoms. The van der Waals surface area contributed by atoms with Gasteiger partial charge in [-0.3, -0.25) is 4.79 Å². The molecule has 228 valence electrons. The number of carbonyl (C=O) groups excluding carboxylic acids is 2. The molecule has 44 heavy (non-hydrogen) atoms. The smallest absolute Gasteiger partial charge is 0.484 e. The number of ether oxygens (including phenoxy) is 4. The normalized spacial score (nSPS) is 16.7. The molecule has 0 radical (unpaired) electrons. The molecule has 0 fully saturated rings. The van der Waals surface area contributed by atoms with E-state index in [2.05, 4.69) is 9.47 Å². The van der Waals surface area contributed by atoms with Gasteiger partial charge < -0.3 is 18.9 Å². The molecule has 6 rings (SSSR count). The maximum absolute atomic E-state index is 13.4. The van der Waals surface area contributed by atoms with Crippen LogP contribution in [0.4, 0.5) is 8.78 Å². The van der Waals surface area contributed by atoms with Gasteiger partial charge in [0, 0.05) is 17.5 Å². The lowest BCUT2D eigenvalue weighted by Crippen LogP contribution is -2.25. The Bertz CT molecular complexity index is 1740. The van der Waals surface area contributed by atoms with Crippen molar-refractivity contribution < 1.29 is 37.3 Å². The predicted molar refractivity (Wildman–Crippen MR) is 157 cm³/mol. The number of hydrogen-bond donors (Lipinski definition) is 0. The lowest BCUT2D eigenvalue weighted by molar-refractivity contribution is -0.286. The average Bonchev–Trinajstić information content (AvgIpc) is 3.47. The number of fused-ring (bicyclic) bond motifs is 2. The standard InChI is InChI=1S/C34H32F2N2O6/c1-20-26-9-6-10-29(41-25-14-12-22(13-15-25)32(40)44-33(2,3)4)31(26)38(37-20)24-8-5-7-23(19-24)27(39)17-21-11-16-28-30(18-21)43-34(35,36)42-28/h5,7-8,11-16,18-19,29H,6,9-10,17H2,1-4H3. The monoisotopic (exact) mass is 602 g/mol. The number of Topliss-reactive ketones (excluding diaryl/α,β-unsaturated/α-hetero) is 1. The molecule has 1 aliphatic heterocycles. The van der Waals surface area contributed by atoms with Crippen LogP contribution in [0.1, 0.15) is 82.9 Å². The van der Waals surface area contributed by atoms with Gasteiger partial charge in [0.2, 0.25) is 0 Å². The SMILES string of the molecule is Cc1nn(-c2cccc(C(=O)Cc3ccc4c(c3)OC(F)(F)O4)c2)c2c1CCCC2Oc1ccc(C(=O)OC(C)(C)C)cc1. The van der Waals surface area contributed by atoms with Crippen LogP contribution in [0, 0.1) is 6.92 Å². The van der Waals surface area contributed by atoms with E-state index in [1.807, 2.05) is 38.4 Å². The van der Waals surface area contributed by atoms with Gasteiger partial charge in [0.15, 0.2) is 17.3 Å². The van der Waals surface area contributed by atoms with Gasteiger partial charge in [0.05, 0.1) is 22.6 Å². The zero-order chi connectivity index (χ0) is 31.2. The van der Waals surface area contributed by atoms with Gasteiger partial charge >= 0.3 is 12.3 Å². The number of ketones is 1. The van der Waals surface area contributed by atoms with Crippen molar-refractivity contribution in [3.05, 3.63) is 100 Å². The zero-order valence-electron chi connectivity index (χ0n) is 24.9. The average molecular weight is 603 g/mol. The van der Waals surface area contributed by atoms with Crippen molar-refractivity contribution in [2.75, 3.05) is 0 Å². The summed E-state index contributed by atoms with van der Waals surface area (Å²) in [6.45, 7) is 7.44. The molecule has 2 aliphatic rings. The van der Waals surface area contributed by atoms with Crippen molar-refractivity contribution in [1.29, 1.82) is 0 Å². The first-order chi connectivity index (χ1) is 20.8. The van der Waals surface area contributed by atoms with E-state index in [9.17, 15) is 18.4 Å². The number of esters is 1. The largest absolute Gasteiger partial charge is 0.586 e. The number of rotatable bonds is 7. The molecular formula is C34H32F2N2O6. The highest BCUT2D eigenvalue weighted by Crippen LogP contribution is 2.41.